The van der Waals surface area contributed by atoms with Crippen LogP contribution in [0.25, 0.3) is 0 Å². The van der Waals surface area contributed by atoms with Crippen LogP contribution < -0.4 is 9.46 Å². The first-order chi connectivity index (χ1) is 12.2. The van der Waals surface area contributed by atoms with Crippen molar-refractivity contribution < 1.29 is 26.3 Å². The molecule has 2 aromatic rings. The van der Waals surface area contributed by atoms with E-state index in [1.165, 1.54) is 12.1 Å². The lowest BCUT2D eigenvalue weighted by atomic mass is 9.91. The summed E-state index contributed by atoms with van der Waals surface area (Å²) in [7, 11) is -3.97. The molecule has 0 spiro atoms. The number of halogens is 3. The number of nitrogens with zero attached hydrogens (tertiary/aromatic N) is 3. The van der Waals surface area contributed by atoms with Gasteiger partial charge in [-0.3, -0.25) is 0 Å². The summed E-state index contributed by atoms with van der Waals surface area (Å²) in [5, 5.41) is 7.50. The maximum Gasteiger partial charge on any atom is 0.573 e. The number of alkyl halides is 3. The normalized spacial score (nSPS) is 21.5. The van der Waals surface area contributed by atoms with Crippen LogP contribution >= 0.6 is 0 Å². The van der Waals surface area contributed by atoms with Gasteiger partial charge in [-0.25, -0.2) is 13.1 Å². The number of benzene rings is 1. The first-order valence-electron chi connectivity index (χ1n) is 7.95. The maximum atomic E-state index is 12.5. The lowest BCUT2D eigenvalue weighted by molar-refractivity contribution is -0.274. The Morgan fingerprint density at radius 1 is 1.19 bits per heavy atom. The minimum absolute atomic E-state index is 0.0753. The molecule has 1 heterocycles. The highest BCUT2D eigenvalue weighted by Gasteiger charge is 2.32. The predicted molar refractivity (Wildman–Crippen MR) is 84.8 cm³/mol. The van der Waals surface area contributed by atoms with E-state index < -0.39 is 22.1 Å². The zero-order valence-corrected chi connectivity index (χ0v) is 14.4. The van der Waals surface area contributed by atoms with Gasteiger partial charge in [-0.05, 0) is 37.8 Å². The van der Waals surface area contributed by atoms with Crippen LogP contribution in [0.2, 0.25) is 0 Å². The SMILES string of the molecule is O=S(=O)(N[C@H]1CCC[C@@H](n2cnnc2)C1)c1cccc(OC(F)(F)F)c1. The van der Waals surface area contributed by atoms with Gasteiger partial charge in [0.15, 0.2) is 0 Å². The zero-order chi connectivity index (χ0) is 18.8. The summed E-state index contributed by atoms with van der Waals surface area (Å²) < 4.78 is 70.2. The summed E-state index contributed by atoms with van der Waals surface area (Å²) in [6, 6.07) is 4.09. The standard InChI is InChI=1S/C15H17F3N4O3S/c16-15(17,18)25-13-5-2-6-14(8-13)26(23,24)21-11-3-1-4-12(7-11)22-9-19-20-10-22/h2,5-6,8-12,21H,1,3-4,7H2/t11-,12+/m0/s1. The Hall–Kier alpha value is -2.14. The summed E-state index contributed by atoms with van der Waals surface area (Å²) in [5.41, 5.74) is 0. The molecule has 26 heavy (non-hydrogen) atoms. The van der Waals surface area contributed by atoms with Crippen LogP contribution in [0.15, 0.2) is 41.8 Å². The van der Waals surface area contributed by atoms with Gasteiger partial charge in [0, 0.05) is 18.2 Å². The van der Waals surface area contributed by atoms with E-state index in [2.05, 4.69) is 19.7 Å². The third-order valence-electron chi connectivity index (χ3n) is 4.18. The highest BCUT2D eigenvalue weighted by Crippen LogP contribution is 2.30. The number of sulfonamides is 1. The highest BCUT2D eigenvalue weighted by atomic mass is 32.2. The second-order valence-electron chi connectivity index (χ2n) is 6.07. The van der Waals surface area contributed by atoms with Crippen molar-refractivity contribution in [3.05, 3.63) is 36.9 Å². The molecule has 142 valence electrons. The fourth-order valence-corrected chi connectivity index (χ4v) is 4.38. The van der Waals surface area contributed by atoms with Gasteiger partial charge < -0.3 is 9.30 Å². The van der Waals surface area contributed by atoms with Gasteiger partial charge in [0.1, 0.15) is 18.4 Å². The van der Waals surface area contributed by atoms with Gasteiger partial charge in [0.2, 0.25) is 10.0 Å². The molecule has 2 atom stereocenters. The van der Waals surface area contributed by atoms with E-state index in [0.29, 0.717) is 12.8 Å². The van der Waals surface area contributed by atoms with Crippen LogP contribution in [-0.4, -0.2) is 35.6 Å². The molecular formula is C15H17F3N4O3S. The lowest BCUT2D eigenvalue weighted by Gasteiger charge is -2.30. The van der Waals surface area contributed by atoms with Crippen LogP contribution in [0.5, 0.6) is 5.75 Å². The predicted octanol–water partition coefficient (Wildman–Crippen LogP) is 2.64. The molecule has 1 aliphatic rings. The number of hydrogen-bond donors (Lipinski definition) is 1. The van der Waals surface area contributed by atoms with Gasteiger partial charge in [0.25, 0.3) is 0 Å². The van der Waals surface area contributed by atoms with Gasteiger partial charge in [0.05, 0.1) is 4.90 Å². The second-order valence-corrected chi connectivity index (χ2v) is 7.78. The van der Waals surface area contributed by atoms with E-state index in [4.69, 9.17) is 0 Å². The van der Waals surface area contributed by atoms with Crippen molar-refractivity contribution in [1.82, 2.24) is 19.5 Å². The molecule has 0 radical (unpaired) electrons. The molecule has 0 saturated heterocycles. The Bertz CT molecular complexity index is 840. The smallest absolute Gasteiger partial charge is 0.406 e. The summed E-state index contributed by atoms with van der Waals surface area (Å²) in [6.07, 6.45) is 1.18. The molecule has 7 nitrogen and oxygen atoms in total. The number of rotatable bonds is 5. The van der Waals surface area contributed by atoms with Crippen molar-refractivity contribution in [3.63, 3.8) is 0 Å². The Balaban J connectivity index is 1.71. The fourth-order valence-electron chi connectivity index (χ4n) is 3.07. The molecule has 1 saturated carbocycles. The van der Waals surface area contributed by atoms with Crippen molar-refractivity contribution in [3.8, 4) is 5.75 Å². The molecule has 0 bridgehead atoms. The van der Waals surface area contributed by atoms with Crippen LogP contribution in [0.3, 0.4) is 0 Å². The Morgan fingerprint density at radius 2 is 1.92 bits per heavy atom. The Labute approximate surface area is 148 Å². The largest absolute Gasteiger partial charge is 0.573 e. The molecule has 0 aliphatic heterocycles. The van der Waals surface area contributed by atoms with Crippen molar-refractivity contribution in [2.45, 2.75) is 49.0 Å². The van der Waals surface area contributed by atoms with E-state index >= 15 is 0 Å². The molecule has 0 unspecified atom stereocenters. The van der Waals surface area contributed by atoms with Crippen molar-refractivity contribution in [2.24, 2.45) is 0 Å². The first-order valence-corrected chi connectivity index (χ1v) is 9.43. The molecule has 1 aromatic heterocycles. The van der Waals surface area contributed by atoms with E-state index in [9.17, 15) is 21.6 Å². The summed E-state index contributed by atoms with van der Waals surface area (Å²) in [5.74, 6) is -0.577. The molecule has 1 fully saturated rings. The summed E-state index contributed by atoms with van der Waals surface area (Å²) in [6.45, 7) is 0. The van der Waals surface area contributed by atoms with Crippen molar-refractivity contribution >= 4 is 10.0 Å². The minimum Gasteiger partial charge on any atom is -0.406 e. The first kappa shape index (κ1) is 18.6. The summed E-state index contributed by atoms with van der Waals surface area (Å²) in [4.78, 5) is -0.273. The fraction of sp³-hybridized carbons (Fsp3) is 0.467. The van der Waals surface area contributed by atoms with Gasteiger partial charge >= 0.3 is 6.36 Å². The van der Waals surface area contributed by atoms with Crippen molar-refractivity contribution in [2.75, 3.05) is 0 Å². The highest BCUT2D eigenvalue weighted by molar-refractivity contribution is 7.89. The van der Waals surface area contributed by atoms with E-state index in [-0.39, 0.29) is 17.0 Å². The van der Waals surface area contributed by atoms with Crippen LogP contribution in [-0.2, 0) is 10.0 Å². The quantitative estimate of drug-likeness (QED) is 0.848. The topological polar surface area (TPSA) is 86.1 Å². The number of aromatic nitrogens is 3. The number of nitrogens with one attached hydrogen (secondary N) is 1. The molecule has 0 amide bonds. The van der Waals surface area contributed by atoms with E-state index in [0.717, 1.165) is 25.0 Å². The van der Waals surface area contributed by atoms with Crippen LogP contribution in [0, 0.1) is 0 Å². The average Bonchev–Trinajstić information content (AvgIpc) is 3.08. The summed E-state index contributed by atoms with van der Waals surface area (Å²) >= 11 is 0. The van der Waals surface area contributed by atoms with Gasteiger partial charge in [-0.1, -0.05) is 6.07 Å². The molecular weight excluding hydrogens is 373 g/mol. The molecule has 1 aromatic carbocycles. The second kappa shape index (κ2) is 7.23. The lowest BCUT2D eigenvalue weighted by Crippen LogP contribution is -2.38. The molecule has 1 N–H and O–H groups in total. The minimum atomic E-state index is -4.88. The molecule has 11 heteroatoms. The van der Waals surface area contributed by atoms with Gasteiger partial charge in [-0.15, -0.1) is 23.4 Å². The van der Waals surface area contributed by atoms with E-state index in [1.54, 1.807) is 12.7 Å². The third-order valence-corrected chi connectivity index (χ3v) is 5.69. The molecule has 3 rings (SSSR count). The number of ether oxygens (including phenoxy) is 1. The maximum absolute atomic E-state index is 12.5. The van der Waals surface area contributed by atoms with E-state index in [1.807, 2.05) is 4.57 Å². The van der Waals surface area contributed by atoms with Crippen LogP contribution in [0.4, 0.5) is 13.2 Å². The monoisotopic (exact) mass is 390 g/mol. The average molecular weight is 390 g/mol. The third kappa shape index (κ3) is 4.73. The number of hydrogen-bond acceptors (Lipinski definition) is 5. The van der Waals surface area contributed by atoms with Crippen molar-refractivity contribution in [1.29, 1.82) is 0 Å². The Morgan fingerprint density at radius 3 is 2.62 bits per heavy atom. The Kier molecular flexibility index (Phi) is 5.19. The van der Waals surface area contributed by atoms with Crippen LogP contribution in [0.1, 0.15) is 31.7 Å². The van der Waals surface area contributed by atoms with Gasteiger partial charge in [-0.2, -0.15) is 0 Å². The molecule has 1 aliphatic carbocycles. The zero-order valence-electron chi connectivity index (χ0n) is 13.6.